The van der Waals surface area contributed by atoms with E-state index in [1.165, 1.54) is 0 Å². The molecule has 94 valence electrons. The van der Waals surface area contributed by atoms with Gasteiger partial charge in [-0.15, -0.1) is 0 Å². The molecule has 0 amide bonds. The lowest BCUT2D eigenvalue weighted by Crippen LogP contribution is -2.47. The van der Waals surface area contributed by atoms with Gasteiger partial charge in [0, 0.05) is 6.04 Å². The van der Waals surface area contributed by atoms with Crippen molar-refractivity contribution >= 4 is 5.97 Å². The molecule has 0 N–H and O–H groups in total. The number of hydrogen-bond donors (Lipinski definition) is 0. The first kappa shape index (κ1) is 13.5. The van der Waals surface area contributed by atoms with E-state index in [0.717, 1.165) is 19.4 Å². The van der Waals surface area contributed by atoms with Gasteiger partial charge in [0.2, 0.25) is 0 Å². The Labute approximate surface area is 99.1 Å². The van der Waals surface area contributed by atoms with Gasteiger partial charge in [-0.05, 0) is 61.1 Å². The molecule has 0 bridgehead atoms. The van der Waals surface area contributed by atoms with Crippen LogP contribution in [0.1, 0.15) is 47.5 Å². The minimum atomic E-state index is -0.382. The highest BCUT2D eigenvalue weighted by Gasteiger charge is 2.41. The molecule has 3 nitrogen and oxygen atoms in total. The molecule has 0 unspecified atom stereocenters. The zero-order valence-corrected chi connectivity index (χ0v) is 11.5. The predicted molar refractivity (Wildman–Crippen MR) is 65.3 cm³/mol. The Hall–Kier alpha value is -0.570. The number of nitrogens with zero attached hydrogens (tertiary/aromatic N) is 1. The fourth-order valence-electron chi connectivity index (χ4n) is 2.14. The van der Waals surface area contributed by atoms with E-state index >= 15 is 0 Å². The van der Waals surface area contributed by atoms with Crippen LogP contribution in [0.5, 0.6) is 0 Å². The summed E-state index contributed by atoms with van der Waals surface area (Å²) in [7, 11) is 2.11. The third-order valence-corrected chi connectivity index (χ3v) is 3.41. The second-order valence-corrected chi connectivity index (χ2v) is 6.35. The maximum Gasteiger partial charge on any atom is 0.312 e. The van der Waals surface area contributed by atoms with Crippen LogP contribution in [-0.4, -0.2) is 36.1 Å². The molecular weight excluding hydrogens is 202 g/mol. The zero-order chi connectivity index (χ0) is 12.6. The summed E-state index contributed by atoms with van der Waals surface area (Å²) in [5.74, 6) is -0.0417. The van der Waals surface area contributed by atoms with Gasteiger partial charge in [0.1, 0.15) is 5.60 Å². The number of carbonyl (C=O) groups is 1. The predicted octanol–water partition coefficient (Wildman–Crippen LogP) is 2.45. The zero-order valence-electron chi connectivity index (χ0n) is 11.5. The van der Waals surface area contributed by atoms with E-state index in [4.69, 9.17) is 4.74 Å². The maximum absolute atomic E-state index is 12.1. The standard InChI is InChI=1S/C13H25NO2/c1-10-9-13(5,7-8-14(10)6)11(15)16-12(2,3)4/h10H,7-9H2,1-6H3/t10-,13-/m0/s1. The number of carbonyl (C=O) groups excluding carboxylic acids is 1. The van der Waals surface area contributed by atoms with Crippen LogP contribution >= 0.6 is 0 Å². The highest BCUT2D eigenvalue weighted by Crippen LogP contribution is 2.36. The molecule has 3 heteroatoms. The van der Waals surface area contributed by atoms with Crippen LogP contribution in [0, 0.1) is 5.41 Å². The van der Waals surface area contributed by atoms with Crippen LogP contribution in [0.4, 0.5) is 0 Å². The van der Waals surface area contributed by atoms with E-state index < -0.39 is 0 Å². The normalized spacial score (nSPS) is 32.5. The highest BCUT2D eigenvalue weighted by molar-refractivity contribution is 5.77. The van der Waals surface area contributed by atoms with Crippen LogP contribution < -0.4 is 0 Å². The molecule has 1 saturated heterocycles. The quantitative estimate of drug-likeness (QED) is 0.644. The van der Waals surface area contributed by atoms with Gasteiger partial charge in [-0.3, -0.25) is 4.79 Å². The van der Waals surface area contributed by atoms with Crippen molar-refractivity contribution in [3.63, 3.8) is 0 Å². The number of ether oxygens (including phenoxy) is 1. The molecule has 1 aliphatic rings. The fraction of sp³-hybridized carbons (Fsp3) is 0.923. The summed E-state index contributed by atoms with van der Waals surface area (Å²) < 4.78 is 5.51. The van der Waals surface area contributed by atoms with Crippen LogP contribution in [0.2, 0.25) is 0 Å². The van der Waals surface area contributed by atoms with Crippen molar-refractivity contribution in [2.75, 3.05) is 13.6 Å². The summed E-state index contributed by atoms with van der Waals surface area (Å²) in [6, 6.07) is 0.450. The third-order valence-electron chi connectivity index (χ3n) is 3.41. The van der Waals surface area contributed by atoms with Crippen molar-refractivity contribution in [2.24, 2.45) is 5.41 Å². The number of hydrogen-bond acceptors (Lipinski definition) is 3. The second kappa shape index (κ2) is 4.36. The fourth-order valence-corrected chi connectivity index (χ4v) is 2.14. The number of likely N-dealkylation sites (tertiary alicyclic amines) is 1. The molecule has 0 aromatic carbocycles. The van der Waals surface area contributed by atoms with Gasteiger partial charge in [-0.1, -0.05) is 0 Å². The van der Waals surface area contributed by atoms with E-state index in [9.17, 15) is 4.79 Å². The molecule has 2 atom stereocenters. The Balaban J connectivity index is 2.68. The van der Waals surface area contributed by atoms with Gasteiger partial charge in [0.25, 0.3) is 0 Å². The number of piperidine rings is 1. The molecule has 0 spiro atoms. The number of rotatable bonds is 1. The Kier molecular flexibility index (Phi) is 3.68. The van der Waals surface area contributed by atoms with Crippen molar-refractivity contribution in [3.8, 4) is 0 Å². The molecular formula is C13H25NO2. The Morgan fingerprint density at radius 3 is 2.44 bits per heavy atom. The Bertz CT molecular complexity index is 270. The van der Waals surface area contributed by atoms with E-state index in [0.29, 0.717) is 6.04 Å². The first-order valence-corrected chi connectivity index (χ1v) is 6.08. The molecule has 0 saturated carbocycles. The highest BCUT2D eigenvalue weighted by atomic mass is 16.6. The van der Waals surface area contributed by atoms with Gasteiger partial charge < -0.3 is 9.64 Å². The summed E-state index contributed by atoms with van der Waals surface area (Å²) in [5.41, 5.74) is -0.689. The van der Waals surface area contributed by atoms with Crippen molar-refractivity contribution in [1.29, 1.82) is 0 Å². The van der Waals surface area contributed by atoms with Gasteiger partial charge in [0.15, 0.2) is 0 Å². The first-order chi connectivity index (χ1) is 7.14. The molecule has 0 aromatic heterocycles. The van der Waals surface area contributed by atoms with E-state index in [2.05, 4.69) is 18.9 Å². The SMILES string of the molecule is C[C@H]1C[C@@](C)(C(=O)OC(C)(C)C)CCN1C. The van der Waals surface area contributed by atoms with Crippen LogP contribution in [0.3, 0.4) is 0 Å². The first-order valence-electron chi connectivity index (χ1n) is 6.08. The molecule has 1 aliphatic heterocycles. The average molecular weight is 227 g/mol. The van der Waals surface area contributed by atoms with E-state index in [1.807, 2.05) is 27.7 Å². The monoisotopic (exact) mass is 227 g/mol. The summed E-state index contributed by atoms with van der Waals surface area (Å²) in [6.07, 6.45) is 1.78. The lowest BCUT2D eigenvalue weighted by atomic mass is 9.77. The van der Waals surface area contributed by atoms with Crippen LogP contribution in [0.25, 0.3) is 0 Å². The number of esters is 1. The minimum absolute atomic E-state index is 0.0417. The minimum Gasteiger partial charge on any atom is -0.460 e. The summed E-state index contributed by atoms with van der Waals surface area (Å²) in [5, 5.41) is 0. The molecule has 0 aromatic rings. The third kappa shape index (κ3) is 3.21. The smallest absolute Gasteiger partial charge is 0.312 e. The summed E-state index contributed by atoms with van der Waals surface area (Å²) in [4.78, 5) is 14.4. The van der Waals surface area contributed by atoms with Gasteiger partial charge in [-0.25, -0.2) is 0 Å². The van der Waals surface area contributed by atoms with Gasteiger partial charge in [-0.2, -0.15) is 0 Å². The lowest BCUT2D eigenvalue weighted by Gasteiger charge is -2.41. The molecule has 0 aliphatic carbocycles. The maximum atomic E-state index is 12.1. The van der Waals surface area contributed by atoms with Gasteiger partial charge >= 0.3 is 5.97 Å². The molecule has 16 heavy (non-hydrogen) atoms. The van der Waals surface area contributed by atoms with Gasteiger partial charge in [0.05, 0.1) is 5.41 Å². The Morgan fingerprint density at radius 1 is 1.44 bits per heavy atom. The van der Waals surface area contributed by atoms with E-state index in [1.54, 1.807) is 0 Å². The van der Waals surface area contributed by atoms with Crippen molar-refractivity contribution in [2.45, 2.75) is 59.1 Å². The molecule has 1 fully saturated rings. The second-order valence-electron chi connectivity index (χ2n) is 6.35. The molecule has 1 rings (SSSR count). The lowest BCUT2D eigenvalue weighted by molar-refractivity contribution is -0.170. The molecule has 0 radical (unpaired) electrons. The largest absolute Gasteiger partial charge is 0.460 e. The van der Waals surface area contributed by atoms with Crippen molar-refractivity contribution < 1.29 is 9.53 Å². The summed E-state index contributed by atoms with van der Waals surface area (Å²) in [6.45, 7) is 10.9. The van der Waals surface area contributed by atoms with Crippen LogP contribution in [0.15, 0.2) is 0 Å². The van der Waals surface area contributed by atoms with E-state index in [-0.39, 0.29) is 17.0 Å². The van der Waals surface area contributed by atoms with Crippen molar-refractivity contribution in [1.82, 2.24) is 4.90 Å². The molecule has 1 heterocycles. The van der Waals surface area contributed by atoms with Crippen LogP contribution in [-0.2, 0) is 9.53 Å². The Morgan fingerprint density at radius 2 is 2.00 bits per heavy atom. The average Bonchev–Trinajstić information content (AvgIpc) is 2.09. The summed E-state index contributed by atoms with van der Waals surface area (Å²) >= 11 is 0. The van der Waals surface area contributed by atoms with Crippen molar-refractivity contribution in [3.05, 3.63) is 0 Å². The topological polar surface area (TPSA) is 29.5 Å².